The van der Waals surface area contributed by atoms with Crippen LogP contribution in [0.1, 0.15) is 64.4 Å². The molecule has 1 aromatic carbocycles. The second-order valence-corrected chi connectivity index (χ2v) is 7.82. The van der Waals surface area contributed by atoms with Crippen LogP contribution in [0.4, 0.5) is 0 Å². The Bertz CT molecular complexity index is 641. The van der Waals surface area contributed by atoms with Crippen molar-refractivity contribution in [2.75, 3.05) is 0 Å². The van der Waals surface area contributed by atoms with Gasteiger partial charge >= 0.3 is 0 Å². The van der Waals surface area contributed by atoms with Crippen LogP contribution in [0, 0.1) is 13.8 Å². The van der Waals surface area contributed by atoms with Gasteiger partial charge in [0, 0.05) is 21.8 Å². The quantitative estimate of drug-likeness (QED) is 0.811. The van der Waals surface area contributed by atoms with E-state index in [1.165, 1.54) is 40.1 Å². The highest BCUT2D eigenvalue weighted by Gasteiger charge is 2.17. The molecule has 0 fully saturated rings. The molecule has 2 aromatic rings. The SMILES string of the molecule is Cc1cc(C(C)NC(C)c2ccc3c(c2)CCC3)c(C)s1. The number of hydrogen-bond donors (Lipinski definition) is 1. The third kappa shape index (κ3) is 3.07. The van der Waals surface area contributed by atoms with Crippen LogP contribution in [-0.2, 0) is 12.8 Å². The second kappa shape index (κ2) is 5.94. The Morgan fingerprint density at radius 3 is 2.48 bits per heavy atom. The van der Waals surface area contributed by atoms with Gasteiger partial charge in [0.2, 0.25) is 0 Å². The number of fused-ring (bicyclic) bond motifs is 1. The zero-order valence-corrected chi connectivity index (χ0v) is 14.3. The Hall–Kier alpha value is -1.12. The smallest absolute Gasteiger partial charge is 0.0308 e. The zero-order valence-electron chi connectivity index (χ0n) is 13.5. The van der Waals surface area contributed by atoms with Crippen molar-refractivity contribution in [3.63, 3.8) is 0 Å². The van der Waals surface area contributed by atoms with Crippen LogP contribution in [-0.4, -0.2) is 0 Å². The molecule has 0 saturated heterocycles. The molecule has 1 aliphatic rings. The number of benzene rings is 1. The molecule has 0 saturated carbocycles. The summed E-state index contributed by atoms with van der Waals surface area (Å²) in [6, 6.07) is 10.2. The van der Waals surface area contributed by atoms with Crippen molar-refractivity contribution in [1.29, 1.82) is 0 Å². The molecule has 0 bridgehead atoms. The summed E-state index contributed by atoms with van der Waals surface area (Å²) in [7, 11) is 0. The van der Waals surface area contributed by atoms with Gasteiger partial charge in [0.05, 0.1) is 0 Å². The fraction of sp³-hybridized carbons (Fsp3) is 0.474. The lowest BCUT2D eigenvalue weighted by Gasteiger charge is -2.21. The summed E-state index contributed by atoms with van der Waals surface area (Å²) in [6.07, 6.45) is 3.85. The predicted molar refractivity (Wildman–Crippen MR) is 92.2 cm³/mol. The number of aryl methyl sites for hydroxylation is 4. The predicted octanol–water partition coefficient (Wildman–Crippen LogP) is 5.27. The van der Waals surface area contributed by atoms with E-state index in [9.17, 15) is 0 Å². The third-order valence-corrected chi connectivity index (χ3v) is 5.65. The number of hydrogen-bond acceptors (Lipinski definition) is 2. The highest BCUT2D eigenvalue weighted by Crippen LogP contribution is 2.29. The van der Waals surface area contributed by atoms with Gasteiger partial charge in [-0.05, 0) is 75.3 Å². The summed E-state index contributed by atoms with van der Waals surface area (Å²) in [5.41, 5.74) is 6.00. The fourth-order valence-corrected chi connectivity index (χ4v) is 4.52. The maximum atomic E-state index is 3.76. The van der Waals surface area contributed by atoms with Gasteiger partial charge in [0.25, 0.3) is 0 Å². The first-order valence-electron chi connectivity index (χ1n) is 7.99. The van der Waals surface area contributed by atoms with Crippen molar-refractivity contribution < 1.29 is 0 Å². The van der Waals surface area contributed by atoms with E-state index in [1.807, 2.05) is 11.3 Å². The first-order chi connectivity index (χ1) is 10.0. The Balaban J connectivity index is 1.74. The van der Waals surface area contributed by atoms with Crippen LogP contribution in [0.5, 0.6) is 0 Å². The number of nitrogens with one attached hydrogen (secondary N) is 1. The van der Waals surface area contributed by atoms with Crippen LogP contribution in [0.15, 0.2) is 24.3 Å². The van der Waals surface area contributed by atoms with Crippen molar-refractivity contribution in [1.82, 2.24) is 5.32 Å². The third-order valence-electron chi connectivity index (χ3n) is 4.67. The molecule has 0 radical (unpaired) electrons. The molecule has 1 aliphatic carbocycles. The van der Waals surface area contributed by atoms with Crippen LogP contribution in [0.3, 0.4) is 0 Å². The van der Waals surface area contributed by atoms with Gasteiger partial charge in [-0.15, -0.1) is 11.3 Å². The van der Waals surface area contributed by atoms with E-state index in [-0.39, 0.29) is 0 Å². The molecule has 21 heavy (non-hydrogen) atoms. The normalized spacial score (nSPS) is 16.8. The first-order valence-corrected chi connectivity index (χ1v) is 8.81. The lowest BCUT2D eigenvalue weighted by Crippen LogP contribution is -2.22. The molecular weight excluding hydrogens is 274 g/mol. The molecule has 0 amide bonds. The van der Waals surface area contributed by atoms with Gasteiger partial charge in [0.15, 0.2) is 0 Å². The highest BCUT2D eigenvalue weighted by atomic mass is 32.1. The minimum Gasteiger partial charge on any atom is -0.304 e. The topological polar surface area (TPSA) is 12.0 Å². The van der Waals surface area contributed by atoms with Crippen molar-refractivity contribution in [3.05, 3.63) is 56.3 Å². The average Bonchev–Trinajstić information content (AvgIpc) is 3.03. The molecule has 1 N–H and O–H groups in total. The number of thiophene rings is 1. The van der Waals surface area contributed by atoms with E-state index < -0.39 is 0 Å². The maximum absolute atomic E-state index is 3.76. The molecule has 2 heteroatoms. The van der Waals surface area contributed by atoms with Gasteiger partial charge in [-0.3, -0.25) is 0 Å². The molecule has 112 valence electrons. The van der Waals surface area contributed by atoms with Gasteiger partial charge in [-0.2, -0.15) is 0 Å². The molecule has 1 nitrogen and oxygen atoms in total. The van der Waals surface area contributed by atoms with E-state index in [2.05, 4.69) is 57.3 Å². The summed E-state index contributed by atoms with van der Waals surface area (Å²) in [4.78, 5) is 2.84. The van der Waals surface area contributed by atoms with E-state index in [4.69, 9.17) is 0 Å². The van der Waals surface area contributed by atoms with Gasteiger partial charge < -0.3 is 5.32 Å². The standard InChI is InChI=1S/C19H25NS/c1-12-10-19(15(4)21-12)14(3)20-13(2)17-9-8-16-6-5-7-18(16)11-17/h8-11,13-14,20H,5-7H2,1-4H3. The molecule has 1 aromatic heterocycles. The lowest BCUT2D eigenvalue weighted by molar-refractivity contribution is 0.494. The van der Waals surface area contributed by atoms with Crippen molar-refractivity contribution in [3.8, 4) is 0 Å². The van der Waals surface area contributed by atoms with E-state index in [0.29, 0.717) is 12.1 Å². The monoisotopic (exact) mass is 299 g/mol. The summed E-state index contributed by atoms with van der Waals surface area (Å²) < 4.78 is 0. The zero-order chi connectivity index (χ0) is 15.0. The van der Waals surface area contributed by atoms with Crippen LogP contribution in [0.25, 0.3) is 0 Å². The van der Waals surface area contributed by atoms with E-state index in [1.54, 1.807) is 11.1 Å². The van der Waals surface area contributed by atoms with E-state index in [0.717, 1.165) is 0 Å². The van der Waals surface area contributed by atoms with Crippen molar-refractivity contribution >= 4 is 11.3 Å². The second-order valence-electron chi connectivity index (χ2n) is 6.36. The molecule has 0 aliphatic heterocycles. The van der Waals surface area contributed by atoms with Gasteiger partial charge in [0.1, 0.15) is 0 Å². The molecule has 2 unspecified atom stereocenters. The lowest BCUT2D eigenvalue weighted by atomic mass is 10.0. The summed E-state index contributed by atoms with van der Waals surface area (Å²) >= 11 is 1.90. The summed E-state index contributed by atoms with van der Waals surface area (Å²) in [5, 5.41) is 3.76. The van der Waals surface area contributed by atoms with Crippen LogP contribution >= 0.6 is 11.3 Å². The highest BCUT2D eigenvalue weighted by molar-refractivity contribution is 7.12. The molecule has 2 atom stereocenters. The summed E-state index contributed by atoms with van der Waals surface area (Å²) in [5.74, 6) is 0. The molecule has 1 heterocycles. The van der Waals surface area contributed by atoms with Crippen molar-refractivity contribution in [2.45, 2.75) is 59.0 Å². The Morgan fingerprint density at radius 2 is 1.76 bits per heavy atom. The Morgan fingerprint density at radius 1 is 1.00 bits per heavy atom. The Labute approximate surface area is 132 Å². The minimum absolute atomic E-state index is 0.394. The van der Waals surface area contributed by atoms with Gasteiger partial charge in [-0.1, -0.05) is 18.2 Å². The largest absolute Gasteiger partial charge is 0.304 e. The van der Waals surface area contributed by atoms with Crippen LogP contribution < -0.4 is 5.32 Å². The number of rotatable bonds is 4. The molecule has 0 spiro atoms. The van der Waals surface area contributed by atoms with Gasteiger partial charge in [-0.25, -0.2) is 0 Å². The van der Waals surface area contributed by atoms with E-state index >= 15 is 0 Å². The maximum Gasteiger partial charge on any atom is 0.0308 e. The minimum atomic E-state index is 0.394. The molecular formula is C19H25NS. The average molecular weight is 299 g/mol. The molecule has 3 rings (SSSR count). The van der Waals surface area contributed by atoms with Crippen LogP contribution in [0.2, 0.25) is 0 Å². The fourth-order valence-electron chi connectivity index (χ4n) is 3.50. The Kier molecular flexibility index (Phi) is 4.19. The summed E-state index contributed by atoms with van der Waals surface area (Å²) in [6.45, 7) is 8.98. The first kappa shape index (κ1) is 14.8. The van der Waals surface area contributed by atoms with Crippen molar-refractivity contribution in [2.24, 2.45) is 0 Å².